The van der Waals surface area contributed by atoms with Crippen LogP contribution in [0.4, 0.5) is 0 Å². The molecule has 0 aliphatic rings. The molecule has 0 amide bonds. The molecule has 0 saturated carbocycles. The largest absolute Gasteiger partial charge is 0.377 e. The summed E-state index contributed by atoms with van der Waals surface area (Å²) in [6.07, 6.45) is 6.93. The van der Waals surface area contributed by atoms with Gasteiger partial charge in [0, 0.05) is 6.61 Å². The lowest BCUT2D eigenvalue weighted by Crippen LogP contribution is -1.90. The minimum Gasteiger partial charge on any atom is -0.377 e. The highest BCUT2D eigenvalue weighted by Crippen LogP contribution is 1.88. The second-order valence-corrected chi connectivity index (χ2v) is 2.72. The van der Waals surface area contributed by atoms with Crippen molar-refractivity contribution in [1.29, 1.82) is 0 Å². The van der Waals surface area contributed by atoms with E-state index in [9.17, 15) is 0 Å². The summed E-state index contributed by atoms with van der Waals surface area (Å²) in [5, 5.41) is 0. The van der Waals surface area contributed by atoms with Crippen LogP contribution in [0.2, 0.25) is 0 Å². The highest BCUT2D eigenvalue weighted by Gasteiger charge is 1.74. The third-order valence-electron chi connectivity index (χ3n) is 1.29. The molecule has 1 heteroatoms. The monoisotopic (exact) mass is 172 g/mol. The average molecular weight is 172 g/mol. The Bertz CT molecular complexity index is 67.4. The van der Waals surface area contributed by atoms with Gasteiger partial charge in [-0.2, -0.15) is 0 Å². The van der Waals surface area contributed by atoms with E-state index in [1.54, 1.807) is 6.08 Å². The zero-order chi connectivity index (χ0) is 9.66. The van der Waals surface area contributed by atoms with E-state index in [1.165, 1.54) is 19.3 Å². The molecule has 1 nitrogen and oxygen atoms in total. The average Bonchev–Trinajstić information content (AvgIpc) is 2.08. The highest BCUT2D eigenvalue weighted by molar-refractivity contribution is 4.63. The van der Waals surface area contributed by atoms with Crippen molar-refractivity contribution in [1.82, 2.24) is 0 Å². The fourth-order valence-corrected chi connectivity index (χ4v) is 0.665. The van der Waals surface area contributed by atoms with E-state index in [1.807, 2.05) is 0 Å². The molecule has 0 bridgehead atoms. The number of ether oxygens (including phenoxy) is 1. The van der Waals surface area contributed by atoms with E-state index >= 15 is 0 Å². The number of unbranched alkanes of at least 4 members (excludes halogenated alkanes) is 2. The van der Waals surface area contributed by atoms with Gasteiger partial charge in [-0.1, -0.05) is 46.1 Å². The molecule has 0 spiro atoms. The van der Waals surface area contributed by atoms with Gasteiger partial charge in [0.05, 0.1) is 6.61 Å². The molecule has 0 fully saturated rings. The Morgan fingerprint density at radius 1 is 1.08 bits per heavy atom. The lowest BCUT2D eigenvalue weighted by Gasteiger charge is -1.92. The smallest absolute Gasteiger partial charge is 0.0644 e. The van der Waals surface area contributed by atoms with E-state index < -0.39 is 0 Å². The van der Waals surface area contributed by atoms with Crippen molar-refractivity contribution in [2.45, 2.75) is 46.5 Å². The Morgan fingerprint density at radius 2 is 1.67 bits per heavy atom. The van der Waals surface area contributed by atoms with Crippen LogP contribution >= 0.6 is 0 Å². The third-order valence-corrected chi connectivity index (χ3v) is 1.29. The molecule has 0 radical (unpaired) electrons. The van der Waals surface area contributed by atoms with Crippen LogP contribution in [0.25, 0.3) is 0 Å². The van der Waals surface area contributed by atoms with Gasteiger partial charge in [0.15, 0.2) is 0 Å². The van der Waals surface area contributed by atoms with Gasteiger partial charge in [0.1, 0.15) is 0 Å². The Morgan fingerprint density at radius 3 is 1.92 bits per heavy atom. The predicted octanol–water partition coefficient (Wildman–Crippen LogP) is 3.80. The molecule has 0 atom stereocenters. The van der Waals surface area contributed by atoms with Crippen LogP contribution in [0.5, 0.6) is 0 Å². The summed E-state index contributed by atoms with van der Waals surface area (Å²) in [5.41, 5.74) is 0. The summed E-state index contributed by atoms with van der Waals surface area (Å²) < 4.78 is 5.01. The van der Waals surface area contributed by atoms with Crippen molar-refractivity contribution in [2.75, 3.05) is 13.2 Å². The maximum absolute atomic E-state index is 5.01. The first-order valence-electron chi connectivity index (χ1n) is 5.02. The molecule has 12 heavy (non-hydrogen) atoms. The first-order chi connectivity index (χ1) is 5.83. The second-order valence-electron chi connectivity index (χ2n) is 2.72. The molecular weight excluding hydrogens is 148 g/mol. The van der Waals surface area contributed by atoms with E-state index in [2.05, 4.69) is 27.4 Å². The SMILES string of the molecule is C=CCOCCC.CCCCC. The summed E-state index contributed by atoms with van der Waals surface area (Å²) in [6, 6.07) is 0. The van der Waals surface area contributed by atoms with Crippen molar-refractivity contribution >= 4 is 0 Å². The van der Waals surface area contributed by atoms with Gasteiger partial charge >= 0.3 is 0 Å². The minimum absolute atomic E-state index is 0.688. The van der Waals surface area contributed by atoms with Gasteiger partial charge in [-0.05, 0) is 6.42 Å². The van der Waals surface area contributed by atoms with Crippen molar-refractivity contribution in [3.05, 3.63) is 12.7 Å². The number of hydrogen-bond acceptors (Lipinski definition) is 1. The topological polar surface area (TPSA) is 9.23 Å². The minimum atomic E-state index is 0.688. The first-order valence-corrected chi connectivity index (χ1v) is 5.02. The van der Waals surface area contributed by atoms with Gasteiger partial charge in [0.2, 0.25) is 0 Å². The summed E-state index contributed by atoms with van der Waals surface area (Å²) in [7, 11) is 0. The first kappa shape index (κ1) is 14.2. The van der Waals surface area contributed by atoms with Gasteiger partial charge in [-0.25, -0.2) is 0 Å². The van der Waals surface area contributed by atoms with Crippen molar-refractivity contribution in [3.8, 4) is 0 Å². The zero-order valence-corrected chi connectivity index (χ0v) is 8.94. The lowest BCUT2D eigenvalue weighted by atomic mass is 10.3. The molecule has 0 saturated heterocycles. The van der Waals surface area contributed by atoms with Crippen LogP contribution in [-0.4, -0.2) is 13.2 Å². The van der Waals surface area contributed by atoms with E-state index in [4.69, 9.17) is 4.74 Å². The molecule has 0 heterocycles. The number of hydrogen-bond donors (Lipinski definition) is 0. The second kappa shape index (κ2) is 17.0. The van der Waals surface area contributed by atoms with Crippen LogP contribution < -0.4 is 0 Å². The maximum atomic E-state index is 5.01. The summed E-state index contributed by atoms with van der Waals surface area (Å²) in [5.74, 6) is 0. The van der Waals surface area contributed by atoms with Crippen molar-refractivity contribution < 1.29 is 4.74 Å². The van der Waals surface area contributed by atoms with Crippen LogP contribution in [0.15, 0.2) is 12.7 Å². The fraction of sp³-hybridized carbons (Fsp3) is 0.818. The Hall–Kier alpha value is -0.300. The van der Waals surface area contributed by atoms with Gasteiger partial charge < -0.3 is 4.74 Å². The highest BCUT2D eigenvalue weighted by atomic mass is 16.5. The van der Waals surface area contributed by atoms with Crippen LogP contribution in [-0.2, 0) is 4.74 Å². The van der Waals surface area contributed by atoms with Gasteiger partial charge in [-0.3, -0.25) is 0 Å². The third kappa shape index (κ3) is 22.6. The lowest BCUT2D eigenvalue weighted by molar-refractivity contribution is 0.163. The van der Waals surface area contributed by atoms with Crippen molar-refractivity contribution in [3.63, 3.8) is 0 Å². The van der Waals surface area contributed by atoms with Crippen LogP contribution in [0, 0.1) is 0 Å². The molecule has 0 unspecified atom stereocenters. The zero-order valence-electron chi connectivity index (χ0n) is 8.94. The molecule has 0 aromatic heterocycles. The molecule has 0 aromatic carbocycles. The summed E-state index contributed by atoms with van der Waals surface area (Å²) in [6.45, 7) is 11.6. The van der Waals surface area contributed by atoms with E-state index in [0.29, 0.717) is 6.61 Å². The van der Waals surface area contributed by atoms with Crippen LogP contribution in [0.3, 0.4) is 0 Å². The fourth-order valence-electron chi connectivity index (χ4n) is 0.665. The molecule has 74 valence electrons. The Balaban J connectivity index is 0. The van der Waals surface area contributed by atoms with Crippen LogP contribution in [0.1, 0.15) is 46.5 Å². The summed E-state index contributed by atoms with van der Waals surface area (Å²) in [4.78, 5) is 0. The maximum Gasteiger partial charge on any atom is 0.0644 e. The molecule has 0 aromatic rings. The molecule has 0 aliphatic heterocycles. The predicted molar refractivity (Wildman–Crippen MR) is 56.5 cm³/mol. The number of rotatable bonds is 6. The van der Waals surface area contributed by atoms with Crippen molar-refractivity contribution in [2.24, 2.45) is 0 Å². The molecule has 0 rings (SSSR count). The summed E-state index contributed by atoms with van der Waals surface area (Å²) >= 11 is 0. The van der Waals surface area contributed by atoms with Gasteiger partial charge in [-0.15, -0.1) is 6.58 Å². The quantitative estimate of drug-likeness (QED) is 0.437. The Labute approximate surface area is 77.8 Å². The standard InChI is InChI=1S/C6H12O.C5H12/c1-3-5-7-6-4-2;1-3-5-4-2/h3H,1,4-6H2,2H3;3-5H2,1-2H3. The normalized spacial score (nSPS) is 8.58. The van der Waals surface area contributed by atoms with Gasteiger partial charge in [0.25, 0.3) is 0 Å². The molecule has 0 N–H and O–H groups in total. The van der Waals surface area contributed by atoms with E-state index in [0.717, 1.165) is 13.0 Å². The van der Waals surface area contributed by atoms with E-state index in [-0.39, 0.29) is 0 Å². The Kier molecular flexibility index (Phi) is 20.1. The molecule has 0 aliphatic carbocycles. The molecular formula is C11H24O.